The lowest BCUT2D eigenvalue weighted by molar-refractivity contribution is 0.347. The zero-order valence-electron chi connectivity index (χ0n) is 6.83. The van der Waals surface area contributed by atoms with Gasteiger partial charge in [0.2, 0.25) is 0 Å². The van der Waals surface area contributed by atoms with Gasteiger partial charge < -0.3 is 5.73 Å². The normalized spacial score (nSPS) is 28.2. The zero-order chi connectivity index (χ0) is 8.55. The average molecular weight is 182 g/mol. The van der Waals surface area contributed by atoms with Crippen molar-refractivity contribution in [2.24, 2.45) is 5.73 Å². The molecule has 0 aliphatic heterocycles. The Morgan fingerprint density at radius 1 is 1.17 bits per heavy atom. The fourth-order valence-corrected chi connectivity index (χ4v) is 1.78. The lowest BCUT2D eigenvalue weighted by Gasteiger charge is -2.33. The van der Waals surface area contributed by atoms with Gasteiger partial charge in [-0.05, 0) is 36.5 Å². The molecule has 1 aromatic carbocycles. The SMILES string of the molecule is N[C@@H]1CC[C@@H]1c1ccc(Cl)cc1. The first-order valence-electron chi connectivity index (χ1n) is 4.28. The molecule has 0 radical (unpaired) electrons. The summed E-state index contributed by atoms with van der Waals surface area (Å²) in [5.74, 6) is 0.572. The molecule has 1 nitrogen and oxygen atoms in total. The van der Waals surface area contributed by atoms with Crippen LogP contribution in [-0.2, 0) is 0 Å². The van der Waals surface area contributed by atoms with E-state index in [4.69, 9.17) is 17.3 Å². The van der Waals surface area contributed by atoms with E-state index in [1.54, 1.807) is 0 Å². The molecule has 1 aliphatic carbocycles. The van der Waals surface area contributed by atoms with E-state index in [9.17, 15) is 0 Å². The molecule has 0 heterocycles. The summed E-state index contributed by atoms with van der Waals surface area (Å²) < 4.78 is 0. The van der Waals surface area contributed by atoms with Crippen molar-refractivity contribution in [1.82, 2.24) is 0 Å². The standard InChI is InChI=1S/C10H12ClN/c11-8-3-1-7(2-4-8)9-5-6-10(9)12/h1-4,9-10H,5-6,12H2/t9-,10-/m1/s1. The molecule has 2 atom stereocenters. The summed E-state index contributed by atoms with van der Waals surface area (Å²) in [6, 6.07) is 8.38. The molecule has 0 unspecified atom stereocenters. The first-order chi connectivity index (χ1) is 5.77. The third-order valence-corrected chi connectivity index (χ3v) is 2.88. The predicted octanol–water partition coefficient (Wildman–Crippen LogP) is 2.54. The maximum atomic E-state index is 5.86. The highest BCUT2D eigenvalue weighted by Gasteiger charge is 2.28. The third-order valence-electron chi connectivity index (χ3n) is 2.63. The summed E-state index contributed by atoms with van der Waals surface area (Å²) in [6.45, 7) is 0. The molecular formula is C10H12ClN. The minimum atomic E-state index is 0.367. The van der Waals surface area contributed by atoms with E-state index < -0.39 is 0 Å². The molecule has 1 aliphatic rings. The zero-order valence-corrected chi connectivity index (χ0v) is 7.59. The van der Waals surface area contributed by atoms with Crippen molar-refractivity contribution in [1.29, 1.82) is 0 Å². The molecule has 12 heavy (non-hydrogen) atoms. The fourth-order valence-electron chi connectivity index (χ4n) is 1.65. The average Bonchev–Trinajstić information content (AvgIpc) is 2.06. The first-order valence-corrected chi connectivity index (χ1v) is 4.66. The van der Waals surface area contributed by atoms with E-state index in [0.29, 0.717) is 12.0 Å². The lowest BCUT2D eigenvalue weighted by atomic mass is 9.76. The molecule has 2 rings (SSSR count). The van der Waals surface area contributed by atoms with Crippen molar-refractivity contribution in [3.63, 3.8) is 0 Å². The van der Waals surface area contributed by atoms with Gasteiger partial charge >= 0.3 is 0 Å². The van der Waals surface area contributed by atoms with Gasteiger partial charge in [0.05, 0.1) is 0 Å². The van der Waals surface area contributed by atoms with E-state index in [2.05, 4.69) is 12.1 Å². The Morgan fingerprint density at radius 3 is 2.25 bits per heavy atom. The van der Waals surface area contributed by atoms with Crippen LogP contribution in [0.3, 0.4) is 0 Å². The van der Waals surface area contributed by atoms with E-state index in [-0.39, 0.29) is 0 Å². The minimum Gasteiger partial charge on any atom is -0.327 e. The Hall–Kier alpha value is -0.530. The Bertz CT molecular complexity index is 268. The summed E-state index contributed by atoms with van der Waals surface area (Å²) in [5.41, 5.74) is 7.19. The second-order valence-corrected chi connectivity index (χ2v) is 3.84. The van der Waals surface area contributed by atoms with Crippen LogP contribution < -0.4 is 5.73 Å². The lowest BCUT2D eigenvalue weighted by Crippen LogP contribution is -2.37. The predicted molar refractivity (Wildman–Crippen MR) is 51.4 cm³/mol. The van der Waals surface area contributed by atoms with Gasteiger partial charge in [0.1, 0.15) is 0 Å². The number of halogens is 1. The van der Waals surface area contributed by atoms with Crippen molar-refractivity contribution < 1.29 is 0 Å². The van der Waals surface area contributed by atoms with Gasteiger partial charge in [0.25, 0.3) is 0 Å². The second-order valence-electron chi connectivity index (χ2n) is 3.40. The topological polar surface area (TPSA) is 26.0 Å². The van der Waals surface area contributed by atoms with E-state index in [0.717, 1.165) is 11.4 Å². The van der Waals surface area contributed by atoms with Gasteiger partial charge in [-0.25, -0.2) is 0 Å². The molecular weight excluding hydrogens is 170 g/mol. The van der Waals surface area contributed by atoms with Crippen LogP contribution >= 0.6 is 11.6 Å². The van der Waals surface area contributed by atoms with Crippen LogP contribution in [-0.4, -0.2) is 6.04 Å². The summed E-state index contributed by atoms with van der Waals surface area (Å²) >= 11 is 5.78. The van der Waals surface area contributed by atoms with Gasteiger partial charge in [-0.3, -0.25) is 0 Å². The van der Waals surface area contributed by atoms with Gasteiger partial charge in [0.15, 0.2) is 0 Å². The van der Waals surface area contributed by atoms with Crippen molar-refractivity contribution in [2.75, 3.05) is 0 Å². The van der Waals surface area contributed by atoms with Crippen LogP contribution in [0, 0.1) is 0 Å². The second kappa shape index (κ2) is 3.08. The Balaban J connectivity index is 2.18. The van der Waals surface area contributed by atoms with Crippen molar-refractivity contribution in [3.05, 3.63) is 34.9 Å². The molecule has 1 fully saturated rings. The smallest absolute Gasteiger partial charge is 0.0406 e. The number of benzene rings is 1. The molecule has 1 aromatic rings. The molecule has 0 saturated heterocycles. The Kier molecular flexibility index (Phi) is 2.07. The van der Waals surface area contributed by atoms with Crippen molar-refractivity contribution in [2.45, 2.75) is 24.8 Å². The summed E-state index contributed by atoms with van der Waals surface area (Å²) in [5, 5.41) is 0.798. The summed E-state index contributed by atoms with van der Waals surface area (Å²) in [7, 11) is 0. The van der Waals surface area contributed by atoms with Crippen LogP contribution in [0.15, 0.2) is 24.3 Å². The monoisotopic (exact) mass is 181 g/mol. The van der Waals surface area contributed by atoms with Crippen molar-refractivity contribution in [3.8, 4) is 0 Å². The molecule has 0 aromatic heterocycles. The van der Waals surface area contributed by atoms with E-state index in [1.165, 1.54) is 12.0 Å². The molecule has 2 N–H and O–H groups in total. The summed E-state index contributed by atoms with van der Waals surface area (Å²) in [6.07, 6.45) is 2.39. The number of hydrogen-bond acceptors (Lipinski definition) is 1. The molecule has 1 saturated carbocycles. The summed E-state index contributed by atoms with van der Waals surface area (Å²) in [4.78, 5) is 0. The number of hydrogen-bond donors (Lipinski definition) is 1. The minimum absolute atomic E-state index is 0.367. The van der Waals surface area contributed by atoms with Gasteiger partial charge in [-0.2, -0.15) is 0 Å². The Labute approximate surface area is 77.5 Å². The highest BCUT2D eigenvalue weighted by Crippen LogP contribution is 2.35. The molecule has 0 spiro atoms. The fraction of sp³-hybridized carbons (Fsp3) is 0.400. The number of nitrogens with two attached hydrogens (primary N) is 1. The van der Waals surface area contributed by atoms with Gasteiger partial charge in [0, 0.05) is 11.1 Å². The van der Waals surface area contributed by atoms with Crippen molar-refractivity contribution >= 4 is 11.6 Å². The largest absolute Gasteiger partial charge is 0.327 e. The van der Waals surface area contributed by atoms with E-state index in [1.807, 2.05) is 12.1 Å². The van der Waals surface area contributed by atoms with Gasteiger partial charge in [-0.1, -0.05) is 23.7 Å². The molecule has 0 bridgehead atoms. The highest BCUT2D eigenvalue weighted by atomic mass is 35.5. The number of rotatable bonds is 1. The maximum Gasteiger partial charge on any atom is 0.0406 e. The molecule has 0 amide bonds. The van der Waals surface area contributed by atoms with Gasteiger partial charge in [-0.15, -0.1) is 0 Å². The first kappa shape index (κ1) is 8.09. The van der Waals surface area contributed by atoms with E-state index >= 15 is 0 Å². The quantitative estimate of drug-likeness (QED) is 0.708. The molecule has 64 valence electrons. The van der Waals surface area contributed by atoms with Crippen LogP contribution in [0.25, 0.3) is 0 Å². The highest BCUT2D eigenvalue weighted by molar-refractivity contribution is 6.30. The Morgan fingerprint density at radius 2 is 1.83 bits per heavy atom. The van der Waals surface area contributed by atoms with Crippen LogP contribution in [0.5, 0.6) is 0 Å². The van der Waals surface area contributed by atoms with Crippen LogP contribution in [0.2, 0.25) is 5.02 Å². The molecule has 2 heteroatoms. The van der Waals surface area contributed by atoms with Crippen LogP contribution in [0.4, 0.5) is 0 Å². The third kappa shape index (κ3) is 1.35. The van der Waals surface area contributed by atoms with Crippen LogP contribution in [0.1, 0.15) is 24.3 Å². The maximum absolute atomic E-state index is 5.86.